The van der Waals surface area contributed by atoms with Crippen molar-refractivity contribution in [2.24, 2.45) is 0 Å². The van der Waals surface area contributed by atoms with Crippen LogP contribution in [0.25, 0.3) is 0 Å². The van der Waals surface area contributed by atoms with Crippen LogP contribution in [0.1, 0.15) is 19.4 Å². The molecule has 0 saturated carbocycles. The summed E-state index contributed by atoms with van der Waals surface area (Å²) < 4.78 is 0. The quantitative estimate of drug-likeness (QED) is 0.642. The van der Waals surface area contributed by atoms with Gasteiger partial charge in [0, 0.05) is 31.8 Å². The molecule has 0 unspecified atom stereocenters. The monoisotopic (exact) mass is 233 g/mol. The van der Waals surface area contributed by atoms with Crippen LogP contribution >= 0.6 is 0 Å². The zero-order valence-corrected chi connectivity index (χ0v) is 10.8. The van der Waals surface area contributed by atoms with Crippen molar-refractivity contribution in [3.63, 3.8) is 0 Å². The minimum absolute atomic E-state index is 0.0818. The number of anilines is 1. The van der Waals surface area contributed by atoms with Crippen molar-refractivity contribution < 1.29 is 9.90 Å². The Morgan fingerprint density at radius 1 is 1.18 bits per heavy atom. The van der Waals surface area contributed by atoms with E-state index in [9.17, 15) is 9.90 Å². The van der Waals surface area contributed by atoms with E-state index in [1.807, 2.05) is 43.3 Å². The van der Waals surface area contributed by atoms with Gasteiger partial charge in [0.25, 0.3) is 0 Å². The van der Waals surface area contributed by atoms with E-state index in [4.69, 9.17) is 0 Å². The number of benzene rings is 1. The van der Waals surface area contributed by atoms with Crippen molar-refractivity contribution >= 4 is 11.5 Å². The third-order valence-electron chi connectivity index (χ3n) is 2.70. The summed E-state index contributed by atoms with van der Waals surface area (Å²) in [7, 11) is 3.96. The number of rotatable bonds is 4. The van der Waals surface area contributed by atoms with Gasteiger partial charge in [0.1, 0.15) is 0 Å². The van der Waals surface area contributed by atoms with Gasteiger partial charge in [0.2, 0.25) is 0 Å². The van der Waals surface area contributed by atoms with Crippen LogP contribution in [0.15, 0.2) is 35.6 Å². The van der Waals surface area contributed by atoms with E-state index in [0.29, 0.717) is 12.0 Å². The molecule has 0 saturated heterocycles. The van der Waals surface area contributed by atoms with Gasteiger partial charge in [0.05, 0.1) is 5.76 Å². The number of carbonyl (C=O) groups is 1. The number of ketones is 1. The predicted molar refractivity (Wildman–Crippen MR) is 70.5 cm³/mol. The second kappa shape index (κ2) is 5.53. The average molecular weight is 233 g/mol. The summed E-state index contributed by atoms with van der Waals surface area (Å²) in [5.74, 6) is 0.0240. The molecule has 1 aromatic carbocycles. The standard InChI is InChI=1S/C14H19NO2/c1-10(16)14(11(2)17)9-12-5-7-13(8-6-12)15(3)4/h5-8,16H,9H2,1-4H3/b14-10-. The Morgan fingerprint density at radius 2 is 1.71 bits per heavy atom. The summed E-state index contributed by atoms with van der Waals surface area (Å²) in [6.07, 6.45) is 0.478. The van der Waals surface area contributed by atoms with Crippen LogP contribution in [0.3, 0.4) is 0 Å². The maximum absolute atomic E-state index is 11.3. The fraction of sp³-hybridized carbons (Fsp3) is 0.357. The van der Waals surface area contributed by atoms with Gasteiger partial charge in [-0.1, -0.05) is 12.1 Å². The number of hydrogen-bond donors (Lipinski definition) is 1. The van der Waals surface area contributed by atoms with Crippen LogP contribution in [-0.2, 0) is 11.2 Å². The average Bonchev–Trinajstić information content (AvgIpc) is 2.25. The Kier molecular flexibility index (Phi) is 4.32. The molecule has 17 heavy (non-hydrogen) atoms. The van der Waals surface area contributed by atoms with Gasteiger partial charge in [-0.15, -0.1) is 0 Å². The number of hydrogen-bond acceptors (Lipinski definition) is 3. The molecule has 3 heteroatoms. The van der Waals surface area contributed by atoms with Gasteiger partial charge in [-0.3, -0.25) is 4.79 Å². The second-order valence-electron chi connectivity index (χ2n) is 4.36. The number of Topliss-reactive ketones (excluding diaryl/α,β-unsaturated/α-hetero) is 1. The van der Waals surface area contributed by atoms with Crippen molar-refractivity contribution in [1.82, 2.24) is 0 Å². The smallest absolute Gasteiger partial charge is 0.159 e. The van der Waals surface area contributed by atoms with E-state index in [1.54, 1.807) is 6.92 Å². The van der Waals surface area contributed by atoms with E-state index in [2.05, 4.69) is 0 Å². The Morgan fingerprint density at radius 3 is 2.06 bits per heavy atom. The SMILES string of the molecule is CC(=O)/C(Cc1ccc(N(C)C)cc1)=C(/C)O. The molecular formula is C14H19NO2. The minimum Gasteiger partial charge on any atom is -0.512 e. The number of allylic oxidation sites excluding steroid dienone is 2. The Hall–Kier alpha value is -1.77. The van der Waals surface area contributed by atoms with E-state index in [0.717, 1.165) is 11.3 Å². The molecular weight excluding hydrogens is 214 g/mol. The van der Waals surface area contributed by atoms with E-state index >= 15 is 0 Å². The van der Waals surface area contributed by atoms with Crippen LogP contribution in [-0.4, -0.2) is 25.0 Å². The molecule has 0 amide bonds. The number of carbonyl (C=O) groups excluding carboxylic acids is 1. The molecule has 0 aliphatic carbocycles. The van der Waals surface area contributed by atoms with Crippen molar-refractivity contribution in [3.8, 4) is 0 Å². The first-order valence-electron chi connectivity index (χ1n) is 5.57. The molecule has 0 atom stereocenters. The topological polar surface area (TPSA) is 40.5 Å². The molecule has 0 aliphatic heterocycles. The lowest BCUT2D eigenvalue weighted by molar-refractivity contribution is -0.113. The third-order valence-corrected chi connectivity index (χ3v) is 2.70. The van der Waals surface area contributed by atoms with E-state index in [-0.39, 0.29) is 11.5 Å². The first-order chi connectivity index (χ1) is 7.91. The lowest BCUT2D eigenvalue weighted by atomic mass is 10.0. The van der Waals surface area contributed by atoms with Gasteiger partial charge < -0.3 is 10.0 Å². The molecule has 3 nitrogen and oxygen atoms in total. The Labute approximate surface area is 102 Å². The third kappa shape index (κ3) is 3.63. The lowest BCUT2D eigenvalue weighted by Crippen LogP contribution is -2.08. The highest BCUT2D eigenvalue weighted by molar-refractivity contribution is 5.94. The van der Waals surface area contributed by atoms with Crippen LogP contribution in [0.5, 0.6) is 0 Å². The number of nitrogens with zero attached hydrogens (tertiary/aromatic N) is 1. The zero-order chi connectivity index (χ0) is 13.0. The summed E-state index contributed by atoms with van der Waals surface area (Å²) in [5, 5.41) is 9.44. The first kappa shape index (κ1) is 13.3. The van der Waals surface area contributed by atoms with Gasteiger partial charge >= 0.3 is 0 Å². The van der Waals surface area contributed by atoms with Gasteiger partial charge in [-0.25, -0.2) is 0 Å². The molecule has 1 rings (SSSR count). The van der Waals surface area contributed by atoms with Gasteiger partial charge in [-0.2, -0.15) is 0 Å². The number of aliphatic hydroxyl groups excluding tert-OH is 1. The van der Waals surface area contributed by atoms with Crippen molar-refractivity contribution in [3.05, 3.63) is 41.2 Å². The molecule has 0 spiro atoms. The molecule has 1 aromatic rings. The fourth-order valence-corrected chi connectivity index (χ4v) is 1.62. The van der Waals surface area contributed by atoms with Crippen LogP contribution < -0.4 is 4.90 Å². The van der Waals surface area contributed by atoms with Gasteiger partial charge in [-0.05, 0) is 31.5 Å². The minimum atomic E-state index is -0.0818. The Balaban J connectivity index is 2.89. The molecule has 92 valence electrons. The van der Waals surface area contributed by atoms with Crippen LogP contribution in [0.4, 0.5) is 5.69 Å². The summed E-state index contributed by atoms with van der Waals surface area (Å²) in [6, 6.07) is 7.95. The summed E-state index contributed by atoms with van der Waals surface area (Å²) >= 11 is 0. The Bertz CT molecular complexity index is 426. The highest BCUT2D eigenvalue weighted by Crippen LogP contribution is 2.16. The summed E-state index contributed by atoms with van der Waals surface area (Å²) in [5.41, 5.74) is 2.61. The maximum atomic E-state index is 11.3. The van der Waals surface area contributed by atoms with Crippen molar-refractivity contribution in [2.75, 3.05) is 19.0 Å². The second-order valence-corrected chi connectivity index (χ2v) is 4.36. The van der Waals surface area contributed by atoms with E-state index in [1.165, 1.54) is 6.92 Å². The fourth-order valence-electron chi connectivity index (χ4n) is 1.62. The number of aliphatic hydroxyl groups is 1. The van der Waals surface area contributed by atoms with Gasteiger partial charge in [0.15, 0.2) is 5.78 Å². The first-order valence-corrected chi connectivity index (χ1v) is 5.57. The molecule has 0 bridgehead atoms. The lowest BCUT2D eigenvalue weighted by Gasteiger charge is -2.13. The molecule has 0 heterocycles. The highest BCUT2D eigenvalue weighted by Gasteiger charge is 2.09. The molecule has 0 aliphatic rings. The van der Waals surface area contributed by atoms with Crippen LogP contribution in [0.2, 0.25) is 0 Å². The van der Waals surface area contributed by atoms with Crippen LogP contribution in [0, 0.1) is 0 Å². The molecule has 0 radical (unpaired) electrons. The predicted octanol–water partition coefficient (Wildman–Crippen LogP) is 2.72. The normalized spacial score (nSPS) is 12.0. The summed E-state index contributed by atoms with van der Waals surface area (Å²) in [4.78, 5) is 13.4. The molecule has 1 N–H and O–H groups in total. The van der Waals surface area contributed by atoms with Crippen molar-refractivity contribution in [2.45, 2.75) is 20.3 Å². The van der Waals surface area contributed by atoms with Crippen molar-refractivity contribution in [1.29, 1.82) is 0 Å². The molecule has 0 fully saturated rings. The molecule has 0 aromatic heterocycles. The summed E-state index contributed by atoms with van der Waals surface area (Å²) in [6.45, 7) is 3.02. The highest BCUT2D eigenvalue weighted by atomic mass is 16.3. The largest absolute Gasteiger partial charge is 0.512 e. The zero-order valence-electron chi connectivity index (χ0n) is 10.8. The maximum Gasteiger partial charge on any atom is 0.159 e. The van der Waals surface area contributed by atoms with E-state index < -0.39 is 0 Å².